The van der Waals surface area contributed by atoms with Crippen molar-refractivity contribution in [2.24, 2.45) is 5.92 Å². The van der Waals surface area contributed by atoms with E-state index >= 15 is 0 Å². The number of hydrogen-bond acceptors (Lipinski definition) is 4. The first kappa shape index (κ1) is 14.9. The number of carbonyl (C=O) groups is 2. The average molecular weight is 357 g/mol. The lowest BCUT2D eigenvalue weighted by molar-refractivity contribution is -0.131. The number of amides is 3. The van der Waals surface area contributed by atoms with Crippen molar-refractivity contribution >= 4 is 35.1 Å². The summed E-state index contributed by atoms with van der Waals surface area (Å²) in [7, 11) is 0. The second kappa shape index (κ2) is 4.68. The van der Waals surface area contributed by atoms with Gasteiger partial charge in [0.25, 0.3) is 5.91 Å². The standard InChI is InChI=1S/C15H14Cl2N2O4/c1-14(8-2-3-10-11(4-8)23-7-22-10)12(20)19(13(21)18-14)6-9-5-15(9,16)17/h2-4,9H,5-7H2,1H3,(H,18,21). The Kier molecular flexibility index (Phi) is 3.03. The van der Waals surface area contributed by atoms with Crippen LogP contribution in [0.4, 0.5) is 4.79 Å². The Morgan fingerprint density at radius 2 is 2.00 bits per heavy atom. The van der Waals surface area contributed by atoms with E-state index < -0.39 is 15.9 Å². The Morgan fingerprint density at radius 1 is 1.30 bits per heavy atom. The smallest absolute Gasteiger partial charge is 0.325 e. The minimum absolute atomic E-state index is 0.0837. The van der Waals surface area contributed by atoms with Crippen LogP contribution in [0.2, 0.25) is 0 Å². The van der Waals surface area contributed by atoms with Crippen LogP contribution in [0.25, 0.3) is 0 Å². The average Bonchev–Trinajstić information content (AvgIpc) is 2.85. The maximum atomic E-state index is 12.8. The van der Waals surface area contributed by atoms with E-state index in [0.29, 0.717) is 23.5 Å². The van der Waals surface area contributed by atoms with Gasteiger partial charge in [-0.25, -0.2) is 4.79 Å². The topological polar surface area (TPSA) is 67.9 Å². The Balaban J connectivity index is 1.61. The molecule has 1 aromatic carbocycles. The molecule has 0 spiro atoms. The number of alkyl halides is 2. The maximum absolute atomic E-state index is 12.8. The van der Waals surface area contributed by atoms with Crippen molar-refractivity contribution in [3.05, 3.63) is 23.8 Å². The lowest BCUT2D eigenvalue weighted by atomic mass is 9.91. The second-order valence-corrected chi connectivity index (χ2v) is 7.74. The maximum Gasteiger partial charge on any atom is 0.325 e. The molecule has 1 saturated heterocycles. The summed E-state index contributed by atoms with van der Waals surface area (Å²) in [5.41, 5.74) is -0.504. The van der Waals surface area contributed by atoms with Gasteiger partial charge in [-0.05, 0) is 31.0 Å². The third-order valence-corrected chi connectivity index (χ3v) is 5.51. The molecule has 0 bridgehead atoms. The monoisotopic (exact) mass is 356 g/mol. The molecule has 0 aromatic heterocycles. The molecule has 3 amide bonds. The molecule has 2 heterocycles. The summed E-state index contributed by atoms with van der Waals surface area (Å²) in [4.78, 5) is 26.2. The van der Waals surface area contributed by atoms with Gasteiger partial charge in [0, 0.05) is 12.5 Å². The zero-order valence-electron chi connectivity index (χ0n) is 12.3. The van der Waals surface area contributed by atoms with Gasteiger partial charge in [-0.3, -0.25) is 9.69 Å². The minimum atomic E-state index is -1.14. The fourth-order valence-electron chi connectivity index (χ4n) is 2.95. The van der Waals surface area contributed by atoms with Gasteiger partial charge < -0.3 is 14.8 Å². The Labute approximate surface area is 142 Å². The number of fused-ring (bicyclic) bond motifs is 1. The lowest BCUT2D eigenvalue weighted by Gasteiger charge is -2.22. The molecule has 1 saturated carbocycles. The molecule has 2 fully saturated rings. The molecular weight excluding hydrogens is 343 g/mol. The summed E-state index contributed by atoms with van der Waals surface area (Å²) in [6.45, 7) is 2.04. The molecule has 23 heavy (non-hydrogen) atoms. The van der Waals surface area contributed by atoms with Crippen molar-refractivity contribution < 1.29 is 19.1 Å². The minimum Gasteiger partial charge on any atom is -0.454 e. The highest BCUT2D eigenvalue weighted by Gasteiger charge is 2.56. The van der Waals surface area contributed by atoms with E-state index in [1.54, 1.807) is 25.1 Å². The van der Waals surface area contributed by atoms with Crippen LogP contribution in [-0.2, 0) is 10.3 Å². The Morgan fingerprint density at radius 3 is 2.70 bits per heavy atom. The van der Waals surface area contributed by atoms with Gasteiger partial charge >= 0.3 is 6.03 Å². The molecule has 8 heteroatoms. The van der Waals surface area contributed by atoms with Crippen molar-refractivity contribution in [3.8, 4) is 11.5 Å². The normalized spacial score (nSPS) is 30.6. The van der Waals surface area contributed by atoms with Crippen LogP contribution in [0.5, 0.6) is 11.5 Å². The fraction of sp³-hybridized carbons (Fsp3) is 0.467. The number of rotatable bonds is 3. The zero-order chi connectivity index (χ0) is 16.4. The molecule has 122 valence electrons. The van der Waals surface area contributed by atoms with Crippen molar-refractivity contribution in [1.29, 1.82) is 0 Å². The van der Waals surface area contributed by atoms with Crippen LogP contribution in [0, 0.1) is 5.92 Å². The fourth-order valence-corrected chi connectivity index (χ4v) is 3.46. The number of carbonyl (C=O) groups excluding carboxylic acids is 2. The van der Waals surface area contributed by atoms with Crippen molar-refractivity contribution in [2.75, 3.05) is 13.3 Å². The third kappa shape index (κ3) is 2.23. The van der Waals surface area contributed by atoms with Crippen LogP contribution in [0.15, 0.2) is 18.2 Å². The number of halogens is 2. The molecule has 6 nitrogen and oxygen atoms in total. The highest BCUT2D eigenvalue weighted by atomic mass is 35.5. The van der Waals surface area contributed by atoms with Gasteiger partial charge in [0.15, 0.2) is 11.5 Å². The Bertz CT molecular complexity index is 723. The first-order valence-corrected chi connectivity index (χ1v) is 7.99. The highest BCUT2D eigenvalue weighted by Crippen LogP contribution is 2.53. The first-order chi connectivity index (χ1) is 10.8. The summed E-state index contributed by atoms with van der Waals surface area (Å²) >= 11 is 12.0. The highest BCUT2D eigenvalue weighted by molar-refractivity contribution is 6.50. The van der Waals surface area contributed by atoms with Gasteiger partial charge in [0.1, 0.15) is 9.87 Å². The van der Waals surface area contributed by atoms with Gasteiger partial charge in [-0.1, -0.05) is 6.07 Å². The molecule has 4 rings (SSSR count). The van der Waals surface area contributed by atoms with E-state index in [1.165, 1.54) is 4.90 Å². The Hall–Kier alpha value is -1.66. The van der Waals surface area contributed by atoms with Gasteiger partial charge in [0.2, 0.25) is 6.79 Å². The predicted molar refractivity (Wildman–Crippen MR) is 82.7 cm³/mol. The van der Waals surface area contributed by atoms with Crippen LogP contribution >= 0.6 is 23.2 Å². The van der Waals surface area contributed by atoms with E-state index in [4.69, 9.17) is 32.7 Å². The molecular formula is C15H14Cl2N2O4. The molecule has 3 aliphatic rings. The molecule has 2 unspecified atom stereocenters. The van der Waals surface area contributed by atoms with Crippen LogP contribution < -0.4 is 14.8 Å². The van der Waals surface area contributed by atoms with Crippen LogP contribution in [-0.4, -0.2) is 34.5 Å². The summed E-state index contributed by atoms with van der Waals surface area (Å²) in [6, 6.07) is 4.76. The molecule has 2 aliphatic heterocycles. The number of nitrogens with zero attached hydrogens (tertiary/aromatic N) is 1. The van der Waals surface area contributed by atoms with E-state index in [0.717, 1.165) is 0 Å². The largest absolute Gasteiger partial charge is 0.454 e. The number of hydrogen-bond donors (Lipinski definition) is 1. The summed E-state index contributed by atoms with van der Waals surface area (Å²) in [5.74, 6) is 0.780. The quantitative estimate of drug-likeness (QED) is 0.666. The zero-order valence-corrected chi connectivity index (χ0v) is 13.8. The van der Waals surface area contributed by atoms with Crippen molar-refractivity contribution in [1.82, 2.24) is 10.2 Å². The van der Waals surface area contributed by atoms with Crippen LogP contribution in [0.1, 0.15) is 18.9 Å². The molecule has 1 N–H and O–H groups in total. The number of imide groups is 1. The first-order valence-electron chi connectivity index (χ1n) is 7.23. The lowest BCUT2D eigenvalue weighted by Crippen LogP contribution is -2.41. The van der Waals surface area contributed by atoms with E-state index in [1.807, 2.05) is 0 Å². The number of benzene rings is 1. The van der Waals surface area contributed by atoms with E-state index in [2.05, 4.69) is 5.32 Å². The van der Waals surface area contributed by atoms with Gasteiger partial charge in [-0.15, -0.1) is 23.2 Å². The predicted octanol–water partition coefficient (Wildman–Crippen LogP) is 2.38. The number of nitrogens with one attached hydrogen (secondary N) is 1. The van der Waals surface area contributed by atoms with Gasteiger partial charge in [0.05, 0.1) is 0 Å². The third-order valence-electron chi connectivity index (χ3n) is 4.58. The molecule has 2 atom stereocenters. The van der Waals surface area contributed by atoms with Gasteiger partial charge in [-0.2, -0.15) is 0 Å². The van der Waals surface area contributed by atoms with Crippen LogP contribution in [0.3, 0.4) is 0 Å². The SMILES string of the molecule is CC1(c2ccc3c(c2)OCO3)NC(=O)N(CC2CC2(Cl)Cl)C1=O. The van der Waals surface area contributed by atoms with E-state index in [9.17, 15) is 9.59 Å². The number of urea groups is 1. The molecule has 0 radical (unpaired) electrons. The summed E-state index contributed by atoms with van der Waals surface area (Å²) < 4.78 is 9.77. The second-order valence-electron chi connectivity index (χ2n) is 6.20. The summed E-state index contributed by atoms with van der Waals surface area (Å²) in [6.07, 6.45) is 0.577. The molecule has 1 aromatic rings. The van der Waals surface area contributed by atoms with Crippen molar-refractivity contribution in [2.45, 2.75) is 23.2 Å². The van der Waals surface area contributed by atoms with Crippen molar-refractivity contribution in [3.63, 3.8) is 0 Å². The molecule has 1 aliphatic carbocycles. The van der Waals surface area contributed by atoms with E-state index in [-0.39, 0.29) is 25.2 Å². The summed E-state index contributed by atoms with van der Waals surface area (Å²) in [5, 5.41) is 2.75. The number of ether oxygens (including phenoxy) is 2.